The molecule has 136 valence electrons. The summed E-state index contributed by atoms with van der Waals surface area (Å²) in [6.45, 7) is 0.769. The molecule has 11 heteroatoms. The Kier molecular flexibility index (Phi) is 7.76. The molecule has 0 saturated carbocycles. The molecule has 25 heavy (non-hydrogen) atoms. The van der Waals surface area contributed by atoms with E-state index < -0.39 is 36.1 Å². The first-order chi connectivity index (χ1) is 11.8. The molecule has 1 rings (SSSR count). The maximum Gasteiger partial charge on any atom is 0.289 e. The van der Waals surface area contributed by atoms with Gasteiger partial charge >= 0.3 is 0 Å². The van der Waals surface area contributed by atoms with Gasteiger partial charge < -0.3 is 25.8 Å². The molecule has 4 N–H and O–H groups in total. The fraction of sp³-hybridized carbons (Fsp3) is 0.429. The number of Topliss-reactive ketones (excluding diaryl/α,β-unsaturated/α-hetero) is 1. The lowest BCUT2D eigenvalue weighted by Crippen LogP contribution is -2.49. The summed E-state index contributed by atoms with van der Waals surface area (Å²) in [4.78, 5) is 60.4. The van der Waals surface area contributed by atoms with Crippen molar-refractivity contribution in [3.8, 4) is 0 Å². The van der Waals surface area contributed by atoms with Crippen LogP contribution >= 0.6 is 0 Å². The minimum Gasteiger partial charge on any atom is -0.350 e. The maximum absolute atomic E-state index is 11.8. The lowest BCUT2D eigenvalue weighted by atomic mass is 10.3. The van der Waals surface area contributed by atoms with Crippen LogP contribution in [0.15, 0.2) is 12.5 Å². The molecule has 0 bridgehead atoms. The summed E-state index contributed by atoms with van der Waals surface area (Å²) >= 11 is 0. The largest absolute Gasteiger partial charge is 0.350 e. The number of rotatable bonds is 10. The molecule has 0 saturated heterocycles. The molecular formula is C14H20N6O5. The van der Waals surface area contributed by atoms with Gasteiger partial charge in [-0.15, -0.1) is 0 Å². The first kappa shape index (κ1) is 19.8. The van der Waals surface area contributed by atoms with Crippen LogP contribution in [-0.4, -0.2) is 58.6 Å². The summed E-state index contributed by atoms with van der Waals surface area (Å²) in [6, 6.07) is -0.925. The summed E-state index contributed by atoms with van der Waals surface area (Å²) in [5, 5.41) is 9.15. The number of amides is 4. The fourth-order valence-electron chi connectivity index (χ4n) is 1.72. The van der Waals surface area contributed by atoms with Crippen molar-refractivity contribution in [2.45, 2.75) is 19.5 Å². The zero-order valence-corrected chi connectivity index (χ0v) is 13.9. The minimum absolute atomic E-state index is 0.130. The van der Waals surface area contributed by atoms with Crippen molar-refractivity contribution in [1.29, 1.82) is 0 Å². The van der Waals surface area contributed by atoms with Gasteiger partial charge in [0.05, 0.1) is 31.7 Å². The number of imidazole rings is 1. The number of aromatic nitrogens is 2. The predicted molar refractivity (Wildman–Crippen MR) is 84.7 cm³/mol. The van der Waals surface area contributed by atoms with E-state index in [1.807, 2.05) is 0 Å². The quantitative estimate of drug-likeness (QED) is 0.260. The van der Waals surface area contributed by atoms with Gasteiger partial charge in [-0.3, -0.25) is 24.0 Å². The van der Waals surface area contributed by atoms with Crippen molar-refractivity contribution in [3.63, 3.8) is 0 Å². The minimum atomic E-state index is -0.925. The van der Waals surface area contributed by atoms with Crippen LogP contribution in [0.5, 0.6) is 0 Å². The zero-order valence-electron chi connectivity index (χ0n) is 13.9. The van der Waals surface area contributed by atoms with Crippen LogP contribution in [0.2, 0.25) is 0 Å². The third-order valence-electron chi connectivity index (χ3n) is 3.14. The second-order valence-corrected chi connectivity index (χ2v) is 5.11. The first-order valence-electron chi connectivity index (χ1n) is 7.35. The van der Waals surface area contributed by atoms with Crippen LogP contribution in [0.3, 0.4) is 0 Å². The molecule has 0 aliphatic heterocycles. The van der Waals surface area contributed by atoms with Crippen LogP contribution in [0.1, 0.15) is 12.6 Å². The fourth-order valence-corrected chi connectivity index (χ4v) is 1.72. The molecule has 0 fully saturated rings. The van der Waals surface area contributed by atoms with Gasteiger partial charge in [0.15, 0.2) is 0 Å². The van der Waals surface area contributed by atoms with E-state index in [1.165, 1.54) is 6.92 Å². The Hall–Kier alpha value is -3.24. The number of carbonyl (C=O) groups is 5. The number of aryl methyl sites for hydroxylation is 1. The molecule has 11 nitrogen and oxygen atoms in total. The molecule has 0 aromatic carbocycles. The Morgan fingerprint density at radius 3 is 2.56 bits per heavy atom. The third kappa shape index (κ3) is 6.81. The lowest BCUT2D eigenvalue weighted by Gasteiger charge is -2.13. The van der Waals surface area contributed by atoms with E-state index in [9.17, 15) is 24.0 Å². The van der Waals surface area contributed by atoms with E-state index in [-0.39, 0.29) is 13.1 Å². The van der Waals surface area contributed by atoms with Gasteiger partial charge in [0.25, 0.3) is 5.91 Å². The number of hydrogen-bond donors (Lipinski definition) is 4. The Labute approximate surface area is 143 Å². The third-order valence-corrected chi connectivity index (χ3v) is 3.14. The molecule has 1 aromatic rings. The molecular weight excluding hydrogens is 332 g/mol. The second kappa shape index (κ2) is 9.80. The summed E-state index contributed by atoms with van der Waals surface area (Å²) in [7, 11) is 1.75. The summed E-state index contributed by atoms with van der Waals surface area (Å²) < 4.78 is 1.69. The van der Waals surface area contributed by atoms with Gasteiger partial charge in [-0.25, -0.2) is 4.98 Å². The van der Waals surface area contributed by atoms with Crippen molar-refractivity contribution >= 4 is 29.9 Å². The number of carbonyl (C=O) groups excluding carboxylic acids is 5. The summed E-state index contributed by atoms with van der Waals surface area (Å²) in [5.74, 6) is -2.85. The highest BCUT2D eigenvalue weighted by Crippen LogP contribution is 1.94. The molecule has 1 heterocycles. The van der Waals surface area contributed by atoms with Crippen molar-refractivity contribution in [1.82, 2.24) is 30.8 Å². The average molecular weight is 352 g/mol. The zero-order chi connectivity index (χ0) is 18.8. The monoisotopic (exact) mass is 352 g/mol. The number of hydrogen-bond acceptors (Lipinski definition) is 6. The van der Waals surface area contributed by atoms with Crippen LogP contribution in [0.4, 0.5) is 0 Å². The maximum atomic E-state index is 11.8. The molecule has 0 spiro atoms. The van der Waals surface area contributed by atoms with Crippen LogP contribution in [-0.2, 0) is 37.6 Å². The molecule has 0 unspecified atom stereocenters. The summed E-state index contributed by atoms with van der Waals surface area (Å²) in [5.41, 5.74) is 0.713. The van der Waals surface area contributed by atoms with E-state index >= 15 is 0 Å². The lowest BCUT2D eigenvalue weighted by molar-refractivity contribution is -0.138. The van der Waals surface area contributed by atoms with Gasteiger partial charge in [-0.05, 0) is 6.92 Å². The smallest absolute Gasteiger partial charge is 0.289 e. The van der Waals surface area contributed by atoms with Gasteiger partial charge in [-0.1, -0.05) is 0 Å². The molecule has 4 amide bonds. The standard InChI is InChI=1S/C14H20N6O5/c1-9(19-12(23)6-16-8-21)13(24)18-5-11(22)14(25)17-4-10-3-15-7-20(10)2/h3,7-9H,4-6H2,1-2H3,(H,16,21)(H,17,25)(H,18,24)(H,19,23)/t9-/m0/s1. The molecule has 0 radical (unpaired) electrons. The molecule has 0 aliphatic rings. The summed E-state index contributed by atoms with van der Waals surface area (Å²) in [6.07, 6.45) is 3.47. The Balaban J connectivity index is 2.32. The van der Waals surface area contributed by atoms with E-state index in [4.69, 9.17) is 0 Å². The van der Waals surface area contributed by atoms with E-state index in [2.05, 4.69) is 26.3 Å². The van der Waals surface area contributed by atoms with Crippen LogP contribution < -0.4 is 21.3 Å². The Morgan fingerprint density at radius 1 is 1.24 bits per heavy atom. The van der Waals surface area contributed by atoms with Gasteiger partial charge in [-0.2, -0.15) is 0 Å². The average Bonchev–Trinajstić information content (AvgIpc) is 3.00. The Bertz CT molecular complexity index is 656. The van der Waals surface area contributed by atoms with Crippen molar-refractivity contribution in [3.05, 3.63) is 18.2 Å². The van der Waals surface area contributed by atoms with Crippen molar-refractivity contribution < 1.29 is 24.0 Å². The second-order valence-electron chi connectivity index (χ2n) is 5.11. The van der Waals surface area contributed by atoms with Crippen molar-refractivity contribution in [2.75, 3.05) is 13.1 Å². The van der Waals surface area contributed by atoms with E-state index in [0.717, 1.165) is 0 Å². The number of nitrogens with zero attached hydrogens (tertiary/aromatic N) is 2. The van der Waals surface area contributed by atoms with Crippen LogP contribution in [0, 0.1) is 0 Å². The van der Waals surface area contributed by atoms with Gasteiger partial charge in [0.2, 0.25) is 24.0 Å². The molecule has 0 aliphatic carbocycles. The predicted octanol–water partition coefficient (Wildman–Crippen LogP) is -3.03. The normalized spacial score (nSPS) is 11.1. The Morgan fingerprint density at radius 2 is 1.96 bits per heavy atom. The number of nitrogens with one attached hydrogen (secondary N) is 4. The molecule has 1 atom stereocenters. The highest BCUT2D eigenvalue weighted by atomic mass is 16.2. The van der Waals surface area contributed by atoms with Gasteiger partial charge in [0, 0.05) is 13.2 Å². The first-order valence-corrected chi connectivity index (χ1v) is 7.35. The van der Waals surface area contributed by atoms with Gasteiger partial charge in [0.1, 0.15) is 6.04 Å². The van der Waals surface area contributed by atoms with Crippen LogP contribution in [0.25, 0.3) is 0 Å². The topological polar surface area (TPSA) is 151 Å². The highest BCUT2D eigenvalue weighted by Gasteiger charge is 2.19. The number of ketones is 1. The van der Waals surface area contributed by atoms with E-state index in [1.54, 1.807) is 24.1 Å². The SMILES string of the molecule is C[C@H](NC(=O)CNC=O)C(=O)NCC(=O)C(=O)NCc1cncn1C. The van der Waals surface area contributed by atoms with E-state index in [0.29, 0.717) is 12.1 Å². The van der Waals surface area contributed by atoms with Crippen molar-refractivity contribution in [2.24, 2.45) is 7.05 Å². The highest BCUT2D eigenvalue weighted by molar-refractivity contribution is 6.37. The molecule has 1 aromatic heterocycles.